The molecule has 0 radical (unpaired) electrons. The Kier molecular flexibility index (Phi) is 9.99. The Morgan fingerprint density at radius 1 is 1.13 bits per heavy atom. The summed E-state index contributed by atoms with van der Waals surface area (Å²) in [6.45, 7) is 1.99. The highest BCUT2D eigenvalue weighted by Crippen LogP contribution is 2.03. The molecule has 0 aliphatic rings. The molecule has 0 aliphatic heterocycles. The van der Waals surface area contributed by atoms with Crippen molar-refractivity contribution in [1.29, 1.82) is 0 Å². The van der Waals surface area contributed by atoms with Crippen LogP contribution in [0.15, 0.2) is 0 Å². The molecule has 0 aliphatic carbocycles. The van der Waals surface area contributed by atoms with Crippen LogP contribution >= 0.6 is 0 Å². The Balaban J connectivity index is 3.30. The molecule has 1 nitrogen and oxygen atoms in total. The molecule has 0 saturated carbocycles. The molecule has 0 bridgehead atoms. The first-order valence-corrected chi connectivity index (χ1v) is 5.76. The highest BCUT2D eigenvalue weighted by Gasteiger charge is 1.91. The van der Waals surface area contributed by atoms with E-state index in [0.717, 1.165) is 32.1 Å². The summed E-state index contributed by atoms with van der Waals surface area (Å²) < 4.78 is 0. The van der Waals surface area contributed by atoms with Crippen LogP contribution in [0.25, 0.3) is 0 Å². The van der Waals surface area contributed by atoms with Gasteiger partial charge in [0.2, 0.25) is 5.78 Å². The largest absolute Gasteiger partial charge is 0.285 e. The zero-order valence-electron chi connectivity index (χ0n) is 9.64. The molecule has 0 fully saturated rings. The standard InChI is InChI=1S/C14H20O/c1-3-5-6-7-8-9-10-11-13-14(15)12-4-2/h1H,4-10,12H2,2H3. The van der Waals surface area contributed by atoms with Crippen LogP contribution in [-0.4, -0.2) is 5.78 Å². The monoisotopic (exact) mass is 204 g/mol. The van der Waals surface area contributed by atoms with Crippen molar-refractivity contribution in [3.05, 3.63) is 0 Å². The lowest BCUT2D eigenvalue weighted by Gasteiger charge is -1.94. The van der Waals surface area contributed by atoms with Gasteiger partial charge in [0.1, 0.15) is 0 Å². The molecule has 0 aromatic heterocycles. The van der Waals surface area contributed by atoms with Gasteiger partial charge >= 0.3 is 0 Å². The summed E-state index contributed by atoms with van der Waals surface area (Å²) in [7, 11) is 0. The number of unbranched alkanes of at least 4 members (excludes halogenated alkanes) is 5. The number of terminal acetylenes is 1. The molecule has 0 atom stereocenters. The van der Waals surface area contributed by atoms with Crippen molar-refractivity contribution < 1.29 is 4.79 Å². The molecule has 0 rings (SSSR count). The SMILES string of the molecule is C#CCCCCCCC#CC(=O)CCC. The lowest BCUT2D eigenvalue weighted by atomic mass is 10.1. The van der Waals surface area contributed by atoms with Gasteiger partial charge in [0.25, 0.3) is 0 Å². The van der Waals surface area contributed by atoms with Gasteiger partial charge in [-0.25, -0.2) is 0 Å². The van der Waals surface area contributed by atoms with Gasteiger partial charge in [-0.2, -0.15) is 0 Å². The quantitative estimate of drug-likeness (QED) is 0.353. The second-order valence-electron chi connectivity index (χ2n) is 3.59. The fraction of sp³-hybridized carbons (Fsp3) is 0.643. The van der Waals surface area contributed by atoms with Crippen molar-refractivity contribution in [2.45, 2.75) is 58.3 Å². The molecule has 0 spiro atoms. The summed E-state index contributed by atoms with van der Waals surface area (Å²) in [5.74, 6) is 8.29. The van der Waals surface area contributed by atoms with Crippen molar-refractivity contribution in [3.8, 4) is 24.2 Å². The number of hydrogen-bond acceptors (Lipinski definition) is 1. The fourth-order valence-corrected chi connectivity index (χ4v) is 1.24. The molecule has 0 unspecified atom stereocenters. The van der Waals surface area contributed by atoms with Crippen LogP contribution in [0.4, 0.5) is 0 Å². The van der Waals surface area contributed by atoms with E-state index in [-0.39, 0.29) is 5.78 Å². The molecule has 0 aromatic rings. The minimum Gasteiger partial charge on any atom is -0.285 e. The summed E-state index contributed by atoms with van der Waals surface area (Å²) in [5.41, 5.74) is 0. The fourth-order valence-electron chi connectivity index (χ4n) is 1.24. The Bertz CT molecular complexity index is 259. The van der Waals surface area contributed by atoms with Crippen molar-refractivity contribution in [2.24, 2.45) is 0 Å². The molecule has 0 aromatic carbocycles. The second-order valence-corrected chi connectivity index (χ2v) is 3.59. The Morgan fingerprint density at radius 2 is 1.80 bits per heavy atom. The molecule has 0 saturated heterocycles. The molecule has 15 heavy (non-hydrogen) atoms. The molecular weight excluding hydrogens is 184 g/mol. The minimum absolute atomic E-state index is 0.0739. The van der Waals surface area contributed by atoms with E-state index in [1.165, 1.54) is 12.8 Å². The third kappa shape index (κ3) is 10.7. The topological polar surface area (TPSA) is 17.1 Å². The average molecular weight is 204 g/mol. The van der Waals surface area contributed by atoms with Gasteiger partial charge in [0.05, 0.1) is 0 Å². The van der Waals surface area contributed by atoms with Crippen molar-refractivity contribution in [2.75, 3.05) is 0 Å². The van der Waals surface area contributed by atoms with Crippen molar-refractivity contribution in [3.63, 3.8) is 0 Å². The van der Waals surface area contributed by atoms with Crippen molar-refractivity contribution >= 4 is 5.78 Å². The molecular formula is C14H20O. The third-order valence-corrected chi connectivity index (χ3v) is 2.08. The van der Waals surface area contributed by atoms with Gasteiger partial charge in [-0.05, 0) is 25.2 Å². The van der Waals surface area contributed by atoms with E-state index in [1.807, 2.05) is 6.92 Å². The third-order valence-electron chi connectivity index (χ3n) is 2.08. The summed E-state index contributed by atoms with van der Waals surface area (Å²) >= 11 is 0. The van der Waals surface area contributed by atoms with E-state index < -0.39 is 0 Å². The smallest absolute Gasteiger partial charge is 0.205 e. The van der Waals surface area contributed by atoms with E-state index in [0.29, 0.717) is 6.42 Å². The number of carbonyl (C=O) groups is 1. The maximum Gasteiger partial charge on any atom is 0.205 e. The van der Waals surface area contributed by atoms with E-state index in [1.54, 1.807) is 0 Å². The summed E-state index contributed by atoms with van der Waals surface area (Å²) in [6, 6.07) is 0. The van der Waals surface area contributed by atoms with Crippen LogP contribution in [0.2, 0.25) is 0 Å². The van der Waals surface area contributed by atoms with E-state index in [4.69, 9.17) is 6.42 Å². The van der Waals surface area contributed by atoms with Crippen LogP contribution in [0, 0.1) is 24.2 Å². The number of carbonyl (C=O) groups excluding carboxylic acids is 1. The predicted molar refractivity (Wildman–Crippen MR) is 64.2 cm³/mol. The van der Waals surface area contributed by atoms with Crippen LogP contribution < -0.4 is 0 Å². The average Bonchev–Trinajstić information content (AvgIpc) is 2.22. The van der Waals surface area contributed by atoms with Crippen LogP contribution in [0.1, 0.15) is 58.3 Å². The van der Waals surface area contributed by atoms with Gasteiger partial charge in [-0.1, -0.05) is 25.7 Å². The maximum absolute atomic E-state index is 11.0. The van der Waals surface area contributed by atoms with E-state index >= 15 is 0 Å². The zero-order chi connectivity index (χ0) is 11.4. The van der Waals surface area contributed by atoms with Gasteiger partial charge < -0.3 is 0 Å². The van der Waals surface area contributed by atoms with Gasteiger partial charge in [0, 0.05) is 19.3 Å². The lowest BCUT2D eigenvalue weighted by Crippen LogP contribution is -1.90. The van der Waals surface area contributed by atoms with Crippen LogP contribution in [0.3, 0.4) is 0 Å². The van der Waals surface area contributed by atoms with E-state index in [9.17, 15) is 4.79 Å². The molecule has 0 heterocycles. The van der Waals surface area contributed by atoms with Crippen LogP contribution in [0.5, 0.6) is 0 Å². The summed E-state index contributed by atoms with van der Waals surface area (Å²) in [4.78, 5) is 11.0. The highest BCUT2D eigenvalue weighted by molar-refractivity contribution is 5.95. The van der Waals surface area contributed by atoms with Gasteiger partial charge in [0.15, 0.2) is 0 Å². The first kappa shape index (κ1) is 13.8. The van der Waals surface area contributed by atoms with Crippen molar-refractivity contribution in [1.82, 2.24) is 0 Å². The predicted octanol–water partition coefficient (Wildman–Crippen LogP) is 3.33. The van der Waals surface area contributed by atoms with Crippen LogP contribution in [-0.2, 0) is 4.79 Å². The normalized spacial score (nSPS) is 8.80. The molecule has 0 N–H and O–H groups in total. The summed E-state index contributed by atoms with van der Waals surface area (Å²) in [6.07, 6.45) is 12.9. The minimum atomic E-state index is 0.0739. The molecule has 82 valence electrons. The first-order chi connectivity index (χ1) is 7.31. The number of Topliss-reactive ketones (excluding diaryl/α,β-unsaturated/α-hetero) is 1. The Morgan fingerprint density at radius 3 is 2.40 bits per heavy atom. The summed E-state index contributed by atoms with van der Waals surface area (Å²) in [5, 5.41) is 0. The Hall–Kier alpha value is -1.21. The maximum atomic E-state index is 11.0. The second kappa shape index (κ2) is 10.9. The lowest BCUT2D eigenvalue weighted by molar-refractivity contribution is -0.113. The first-order valence-electron chi connectivity index (χ1n) is 5.76. The molecule has 0 amide bonds. The van der Waals surface area contributed by atoms with E-state index in [2.05, 4.69) is 17.8 Å². The zero-order valence-corrected chi connectivity index (χ0v) is 9.64. The number of ketones is 1. The number of rotatable bonds is 7. The Labute approximate surface area is 93.6 Å². The van der Waals surface area contributed by atoms with Gasteiger partial charge in [-0.3, -0.25) is 4.79 Å². The van der Waals surface area contributed by atoms with Gasteiger partial charge in [-0.15, -0.1) is 12.3 Å². The number of hydrogen-bond donors (Lipinski definition) is 0. The molecule has 1 heteroatoms. The highest BCUT2D eigenvalue weighted by atomic mass is 16.1.